The van der Waals surface area contributed by atoms with Crippen molar-refractivity contribution in [3.8, 4) is 0 Å². The van der Waals surface area contributed by atoms with E-state index < -0.39 is 0 Å². The van der Waals surface area contributed by atoms with E-state index in [1.54, 1.807) is 0 Å². The lowest BCUT2D eigenvalue weighted by Crippen LogP contribution is -2.30. The Balaban J connectivity index is 2.17. The van der Waals surface area contributed by atoms with Crippen LogP contribution in [0.5, 0.6) is 0 Å². The zero-order valence-corrected chi connectivity index (χ0v) is 11.5. The van der Waals surface area contributed by atoms with Gasteiger partial charge in [-0.15, -0.1) is 0 Å². The molecule has 1 atom stereocenters. The van der Waals surface area contributed by atoms with Gasteiger partial charge in [-0.05, 0) is 43.5 Å². The lowest BCUT2D eigenvalue weighted by molar-refractivity contribution is 0.0787. The smallest absolute Gasteiger partial charge is 0.254 e. The molecule has 0 saturated carbocycles. The Kier molecular flexibility index (Phi) is 3.84. The third-order valence-electron chi connectivity index (χ3n) is 3.34. The van der Waals surface area contributed by atoms with Crippen LogP contribution in [-0.2, 0) is 0 Å². The van der Waals surface area contributed by atoms with E-state index in [0.29, 0.717) is 12.5 Å². The number of aryl methyl sites for hydroxylation is 1. The summed E-state index contributed by atoms with van der Waals surface area (Å²) in [6.07, 6.45) is 1.02. The highest BCUT2D eigenvalue weighted by atomic mass is 79.9. The maximum atomic E-state index is 12.3. The molecule has 0 spiro atoms. The highest BCUT2D eigenvalue weighted by Gasteiger charge is 2.26. The molecule has 1 aliphatic heterocycles. The average Bonchev–Trinajstić information content (AvgIpc) is 2.80. The molecule has 1 heterocycles. The van der Waals surface area contributed by atoms with E-state index >= 15 is 0 Å². The van der Waals surface area contributed by atoms with Crippen LogP contribution in [0, 0.1) is 12.8 Å². The minimum absolute atomic E-state index is 0.125. The number of hydrogen-bond donors (Lipinski definition) is 1. The van der Waals surface area contributed by atoms with Crippen LogP contribution in [0.3, 0.4) is 0 Å². The van der Waals surface area contributed by atoms with E-state index in [0.717, 1.165) is 35.1 Å². The summed E-state index contributed by atoms with van der Waals surface area (Å²) < 4.78 is 0.945. The molecule has 1 fully saturated rings. The van der Waals surface area contributed by atoms with Gasteiger partial charge in [0.25, 0.3) is 5.91 Å². The molecule has 1 saturated heterocycles. The number of carbonyl (C=O) groups is 1. The number of nitrogens with two attached hydrogens (primary N) is 1. The second-order valence-corrected chi connectivity index (χ2v) is 5.52. The number of amides is 1. The van der Waals surface area contributed by atoms with E-state index in [2.05, 4.69) is 15.9 Å². The average molecular weight is 297 g/mol. The first-order chi connectivity index (χ1) is 8.11. The van der Waals surface area contributed by atoms with Crippen molar-refractivity contribution in [1.29, 1.82) is 0 Å². The molecule has 17 heavy (non-hydrogen) atoms. The predicted molar refractivity (Wildman–Crippen MR) is 71.9 cm³/mol. The number of likely N-dealkylation sites (tertiary alicyclic amines) is 1. The fourth-order valence-corrected chi connectivity index (χ4v) is 2.57. The van der Waals surface area contributed by atoms with Crippen LogP contribution >= 0.6 is 15.9 Å². The van der Waals surface area contributed by atoms with Gasteiger partial charge in [-0.25, -0.2) is 0 Å². The molecule has 0 radical (unpaired) electrons. The second kappa shape index (κ2) is 5.19. The van der Waals surface area contributed by atoms with E-state index in [1.807, 2.05) is 30.0 Å². The number of halogens is 1. The molecule has 92 valence electrons. The summed E-state index contributed by atoms with van der Waals surface area (Å²) in [6.45, 7) is 4.26. The molecule has 3 nitrogen and oxygen atoms in total. The van der Waals surface area contributed by atoms with Crippen molar-refractivity contribution < 1.29 is 4.79 Å². The van der Waals surface area contributed by atoms with Gasteiger partial charge >= 0.3 is 0 Å². The van der Waals surface area contributed by atoms with Gasteiger partial charge in [-0.2, -0.15) is 0 Å². The van der Waals surface area contributed by atoms with Crippen LogP contribution in [0.15, 0.2) is 22.7 Å². The molecule has 1 aromatic rings. The first-order valence-corrected chi connectivity index (χ1v) is 6.66. The molecule has 0 aliphatic carbocycles. The maximum absolute atomic E-state index is 12.3. The Morgan fingerprint density at radius 3 is 3.00 bits per heavy atom. The third-order valence-corrected chi connectivity index (χ3v) is 3.83. The summed E-state index contributed by atoms with van der Waals surface area (Å²) in [5.74, 6) is 0.589. The second-order valence-electron chi connectivity index (χ2n) is 4.60. The molecule has 1 aliphatic rings. The molecule has 0 bridgehead atoms. The van der Waals surface area contributed by atoms with Crippen molar-refractivity contribution in [3.05, 3.63) is 33.8 Å². The number of rotatable bonds is 2. The number of hydrogen-bond acceptors (Lipinski definition) is 2. The SMILES string of the molecule is Cc1ccc(Br)cc1C(=O)N1CC[C@H](CN)C1. The molecular weight excluding hydrogens is 280 g/mol. The van der Waals surface area contributed by atoms with Gasteiger partial charge in [0.05, 0.1) is 0 Å². The quantitative estimate of drug-likeness (QED) is 0.909. The Morgan fingerprint density at radius 2 is 2.35 bits per heavy atom. The van der Waals surface area contributed by atoms with Crippen LogP contribution in [0.2, 0.25) is 0 Å². The minimum Gasteiger partial charge on any atom is -0.338 e. The summed E-state index contributed by atoms with van der Waals surface area (Å²) in [6, 6.07) is 5.82. The van der Waals surface area contributed by atoms with Crippen LogP contribution in [0.1, 0.15) is 22.3 Å². The molecule has 4 heteroatoms. The minimum atomic E-state index is 0.125. The topological polar surface area (TPSA) is 46.3 Å². The van der Waals surface area contributed by atoms with E-state index in [1.165, 1.54) is 0 Å². The van der Waals surface area contributed by atoms with Crippen molar-refractivity contribution >= 4 is 21.8 Å². The Morgan fingerprint density at radius 1 is 1.59 bits per heavy atom. The molecule has 2 N–H and O–H groups in total. The van der Waals surface area contributed by atoms with Crippen LogP contribution in [0.25, 0.3) is 0 Å². The fourth-order valence-electron chi connectivity index (χ4n) is 2.20. The standard InChI is InChI=1S/C13H17BrN2O/c1-9-2-3-11(14)6-12(9)13(17)16-5-4-10(7-15)8-16/h2-3,6,10H,4-5,7-8,15H2,1H3/t10-/m1/s1. The lowest BCUT2D eigenvalue weighted by Gasteiger charge is -2.17. The lowest BCUT2D eigenvalue weighted by atomic mass is 10.1. The van der Waals surface area contributed by atoms with Crippen molar-refractivity contribution in [3.63, 3.8) is 0 Å². The van der Waals surface area contributed by atoms with E-state index in [-0.39, 0.29) is 5.91 Å². The highest BCUT2D eigenvalue weighted by Crippen LogP contribution is 2.21. The van der Waals surface area contributed by atoms with Gasteiger partial charge in [0.1, 0.15) is 0 Å². The summed E-state index contributed by atoms with van der Waals surface area (Å²) in [5, 5.41) is 0. The van der Waals surface area contributed by atoms with Crippen LogP contribution in [0.4, 0.5) is 0 Å². The normalized spacial score (nSPS) is 19.7. The van der Waals surface area contributed by atoms with Crippen molar-refractivity contribution in [2.75, 3.05) is 19.6 Å². The van der Waals surface area contributed by atoms with E-state index in [9.17, 15) is 4.79 Å². The zero-order chi connectivity index (χ0) is 12.4. The molecule has 1 amide bonds. The largest absolute Gasteiger partial charge is 0.338 e. The van der Waals surface area contributed by atoms with Gasteiger partial charge in [0.15, 0.2) is 0 Å². The summed E-state index contributed by atoms with van der Waals surface area (Å²) in [5.41, 5.74) is 7.45. The first-order valence-electron chi connectivity index (χ1n) is 5.87. The molecular formula is C13H17BrN2O. The Labute approximate surface area is 110 Å². The number of nitrogens with zero attached hydrogens (tertiary/aromatic N) is 1. The molecule has 2 rings (SSSR count). The molecule has 0 aromatic heterocycles. The number of benzene rings is 1. The third kappa shape index (κ3) is 2.69. The van der Waals surface area contributed by atoms with Crippen molar-refractivity contribution in [2.24, 2.45) is 11.7 Å². The first kappa shape index (κ1) is 12.6. The highest BCUT2D eigenvalue weighted by molar-refractivity contribution is 9.10. The summed E-state index contributed by atoms with van der Waals surface area (Å²) in [7, 11) is 0. The Bertz CT molecular complexity index is 433. The van der Waals surface area contributed by atoms with Crippen LogP contribution in [-0.4, -0.2) is 30.4 Å². The zero-order valence-electron chi connectivity index (χ0n) is 9.95. The summed E-state index contributed by atoms with van der Waals surface area (Å²) in [4.78, 5) is 14.3. The van der Waals surface area contributed by atoms with Crippen molar-refractivity contribution in [2.45, 2.75) is 13.3 Å². The Hall–Kier alpha value is -0.870. The van der Waals surface area contributed by atoms with Gasteiger partial charge < -0.3 is 10.6 Å². The maximum Gasteiger partial charge on any atom is 0.254 e. The molecule has 0 unspecified atom stereocenters. The van der Waals surface area contributed by atoms with Gasteiger partial charge in [0, 0.05) is 23.1 Å². The fraction of sp³-hybridized carbons (Fsp3) is 0.462. The predicted octanol–water partition coefficient (Wildman–Crippen LogP) is 2.18. The summed E-state index contributed by atoms with van der Waals surface area (Å²) >= 11 is 3.41. The van der Waals surface area contributed by atoms with E-state index in [4.69, 9.17) is 5.73 Å². The number of carbonyl (C=O) groups excluding carboxylic acids is 1. The monoisotopic (exact) mass is 296 g/mol. The van der Waals surface area contributed by atoms with Gasteiger partial charge in [-0.3, -0.25) is 4.79 Å². The van der Waals surface area contributed by atoms with Crippen LogP contribution < -0.4 is 5.73 Å². The van der Waals surface area contributed by atoms with Crippen molar-refractivity contribution in [1.82, 2.24) is 4.90 Å². The van der Waals surface area contributed by atoms with Gasteiger partial charge in [-0.1, -0.05) is 22.0 Å². The van der Waals surface area contributed by atoms with Gasteiger partial charge in [0.2, 0.25) is 0 Å². The molecule has 1 aromatic carbocycles.